The molecule has 6 nitrogen and oxygen atoms in total. The van der Waals surface area contributed by atoms with Gasteiger partial charge in [0.05, 0.1) is 12.5 Å². The number of hydrogen-bond donors (Lipinski definition) is 2. The van der Waals surface area contributed by atoms with Crippen molar-refractivity contribution in [1.29, 1.82) is 0 Å². The molecule has 1 amide bonds. The fourth-order valence-electron chi connectivity index (χ4n) is 1.64. The highest BCUT2D eigenvalue weighted by atomic mass is 16.5. The van der Waals surface area contributed by atoms with Gasteiger partial charge in [-0.05, 0) is 13.3 Å². The summed E-state index contributed by atoms with van der Waals surface area (Å²) in [6.45, 7) is 2.51. The van der Waals surface area contributed by atoms with E-state index in [9.17, 15) is 9.59 Å². The molecule has 1 fully saturated rings. The normalized spacial score (nSPS) is 26.1. The van der Waals surface area contributed by atoms with Gasteiger partial charge >= 0.3 is 12.1 Å². The SMILES string of the molecule is CCOC(=O)C1CN(C(=O)O)CCC1N. The van der Waals surface area contributed by atoms with Crippen molar-refractivity contribution in [2.75, 3.05) is 19.7 Å². The number of carbonyl (C=O) groups excluding carboxylic acids is 1. The van der Waals surface area contributed by atoms with E-state index in [2.05, 4.69) is 0 Å². The van der Waals surface area contributed by atoms with Gasteiger partial charge in [-0.15, -0.1) is 0 Å². The van der Waals surface area contributed by atoms with Crippen molar-refractivity contribution in [2.24, 2.45) is 11.7 Å². The van der Waals surface area contributed by atoms with Gasteiger partial charge in [-0.2, -0.15) is 0 Å². The van der Waals surface area contributed by atoms with Crippen LogP contribution in [0.2, 0.25) is 0 Å². The van der Waals surface area contributed by atoms with Crippen LogP contribution in [-0.4, -0.2) is 47.8 Å². The monoisotopic (exact) mass is 216 g/mol. The largest absolute Gasteiger partial charge is 0.466 e. The van der Waals surface area contributed by atoms with E-state index in [4.69, 9.17) is 15.6 Å². The molecule has 1 aliphatic rings. The summed E-state index contributed by atoms with van der Waals surface area (Å²) in [5, 5.41) is 8.79. The molecular formula is C9H16N2O4. The maximum atomic E-state index is 11.5. The highest BCUT2D eigenvalue weighted by Crippen LogP contribution is 2.17. The summed E-state index contributed by atoms with van der Waals surface area (Å²) in [6, 6.07) is -0.306. The van der Waals surface area contributed by atoms with Crippen molar-refractivity contribution in [3.8, 4) is 0 Å². The van der Waals surface area contributed by atoms with Crippen LogP contribution in [0, 0.1) is 5.92 Å². The van der Waals surface area contributed by atoms with Crippen LogP contribution in [0.5, 0.6) is 0 Å². The minimum Gasteiger partial charge on any atom is -0.466 e. The Labute approximate surface area is 88.0 Å². The van der Waals surface area contributed by atoms with Gasteiger partial charge < -0.3 is 20.5 Å². The number of piperidine rings is 1. The molecule has 1 aliphatic heterocycles. The smallest absolute Gasteiger partial charge is 0.407 e. The Morgan fingerprint density at radius 2 is 2.27 bits per heavy atom. The van der Waals surface area contributed by atoms with Crippen LogP contribution in [0.3, 0.4) is 0 Å². The first-order chi connectivity index (χ1) is 7.06. The molecule has 0 aliphatic carbocycles. The maximum absolute atomic E-state index is 11.5. The minimum atomic E-state index is -1.02. The van der Waals surface area contributed by atoms with Gasteiger partial charge in [-0.1, -0.05) is 0 Å². The van der Waals surface area contributed by atoms with Crippen molar-refractivity contribution in [3.05, 3.63) is 0 Å². The molecule has 6 heteroatoms. The molecule has 0 spiro atoms. The average molecular weight is 216 g/mol. The number of amides is 1. The van der Waals surface area contributed by atoms with Gasteiger partial charge in [0.2, 0.25) is 0 Å². The molecule has 3 N–H and O–H groups in total. The summed E-state index contributed by atoms with van der Waals surface area (Å²) in [5.41, 5.74) is 5.75. The number of rotatable bonds is 2. The van der Waals surface area contributed by atoms with Gasteiger partial charge in [0, 0.05) is 19.1 Å². The standard InChI is InChI=1S/C9H16N2O4/c1-2-15-8(12)6-5-11(9(13)14)4-3-7(6)10/h6-7H,2-5,10H2,1H3,(H,13,14). The van der Waals surface area contributed by atoms with E-state index >= 15 is 0 Å². The molecule has 2 unspecified atom stereocenters. The third-order valence-corrected chi connectivity index (χ3v) is 2.53. The first-order valence-corrected chi connectivity index (χ1v) is 4.96. The van der Waals surface area contributed by atoms with Gasteiger partial charge in [0.1, 0.15) is 0 Å². The second-order valence-electron chi connectivity index (χ2n) is 3.54. The van der Waals surface area contributed by atoms with E-state index in [1.54, 1.807) is 6.92 Å². The number of carbonyl (C=O) groups is 2. The highest BCUT2D eigenvalue weighted by Gasteiger charge is 2.34. The summed E-state index contributed by atoms with van der Waals surface area (Å²) in [6.07, 6.45) is -0.522. The Morgan fingerprint density at radius 1 is 1.60 bits per heavy atom. The van der Waals surface area contributed by atoms with Crippen LogP contribution in [-0.2, 0) is 9.53 Å². The van der Waals surface area contributed by atoms with Crippen molar-refractivity contribution in [3.63, 3.8) is 0 Å². The molecule has 0 saturated carbocycles. The Kier molecular flexibility index (Phi) is 3.90. The van der Waals surface area contributed by atoms with Crippen molar-refractivity contribution >= 4 is 12.1 Å². The summed E-state index contributed by atoms with van der Waals surface area (Å²) < 4.78 is 4.84. The van der Waals surface area contributed by atoms with E-state index in [0.717, 1.165) is 0 Å². The summed E-state index contributed by atoms with van der Waals surface area (Å²) in [7, 11) is 0. The number of nitrogens with zero attached hydrogens (tertiary/aromatic N) is 1. The van der Waals surface area contributed by atoms with Crippen LogP contribution in [0.25, 0.3) is 0 Å². The van der Waals surface area contributed by atoms with E-state index in [1.807, 2.05) is 0 Å². The zero-order valence-corrected chi connectivity index (χ0v) is 8.68. The predicted molar refractivity (Wildman–Crippen MR) is 52.3 cm³/mol. The van der Waals surface area contributed by atoms with Crippen LogP contribution >= 0.6 is 0 Å². The van der Waals surface area contributed by atoms with E-state index in [-0.39, 0.29) is 19.2 Å². The maximum Gasteiger partial charge on any atom is 0.407 e. The molecule has 0 aromatic carbocycles. The third-order valence-electron chi connectivity index (χ3n) is 2.53. The molecule has 1 rings (SSSR count). The number of ether oxygens (including phenoxy) is 1. The fourth-order valence-corrected chi connectivity index (χ4v) is 1.64. The Hall–Kier alpha value is -1.30. The summed E-state index contributed by atoms with van der Waals surface area (Å²) in [5.74, 6) is -0.939. The average Bonchev–Trinajstić information content (AvgIpc) is 2.18. The van der Waals surface area contributed by atoms with Crippen LogP contribution in [0.15, 0.2) is 0 Å². The van der Waals surface area contributed by atoms with Crippen molar-refractivity contribution < 1.29 is 19.4 Å². The van der Waals surface area contributed by atoms with E-state index in [1.165, 1.54) is 4.90 Å². The molecule has 86 valence electrons. The highest BCUT2D eigenvalue weighted by molar-refractivity contribution is 5.75. The lowest BCUT2D eigenvalue weighted by molar-refractivity contribution is -0.150. The Balaban J connectivity index is 2.60. The zero-order valence-electron chi connectivity index (χ0n) is 8.68. The van der Waals surface area contributed by atoms with Crippen molar-refractivity contribution in [1.82, 2.24) is 4.90 Å². The lowest BCUT2D eigenvalue weighted by atomic mass is 9.93. The first kappa shape index (κ1) is 11.8. The lowest BCUT2D eigenvalue weighted by Crippen LogP contribution is -2.52. The molecule has 2 atom stereocenters. The molecule has 0 aromatic heterocycles. The molecule has 0 bridgehead atoms. The molecule has 1 saturated heterocycles. The number of esters is 1. The molecule has 0 radical (unpaired) electrons. The Bertz CT molecular complexity index is 256. The lowest BCUT2D eigenvalue weighted by Gasteiger charge is -2.33. The van der Waals surface area contributed by atoms with Gasteiger partial charge in [-0.25, -0.2) is 4.79 Å². The van der Waals surface area contributed by atoms with Gasteiger partial charge in [0.25, 0.3) is 0 Å². The van der Waals surface area contributed by atoms with Gasteiger partial charge in [0.15, 0.2) is 0 Å². The number of carboxylic acid groups (broad SMARTS) is 1. The quantitative estimate of drug-likeness (QED) is 0.627. The molecular weight excluding hydrogens is 200 g/mol. The van der Waals surface area contributed by atoms with E-state index in [0.29, 0.717) is 13.0 Å². The van der Waals surface area contributed by atoms with E-state index < -0.39 is 18.0 Å². The third kappa shape index (κ3) is 2.82. The number of nitrogens with two attached hydrogens (primary N) is 1. The van der Waals surface area contributed by atoms with Gasteiger partial charge in [-0.3, -0.25) is 4.79 Å². The molecule has 15 heavy (non-hydrogen) atoms. The summed E-state index contributed by atoms with van der Waals surface area (Å²) in [4.78, 5) is 23.4. The van der Waals surface area contributed by atoms with Crippen LogP contribution in [0.4, 0.5) is 4.79 Å². The zero-order chi connectivity index (χ0) is 11.4. The van der Waals surface area contributed by atoms with Crippen LogP contribution < -0.4 is 5.73 Å². The van der Waals surface area contributed by atoms with Crippen molar-refractivity contribution in [2.45, 2.75) is 19.4 Å². The first-order valence-electron chi connectivity index (χ1n) is 4.96. The fraction of sp³-hybridized carbons (Fsp3) is 0.778. The second-order valence-corrected chi connectivity index (χ2v) is 3.54. The molecule has 0 aromatic rings. The number of hydrogen-bond acceptors (Lipinski definition) is 4. The summed E-state index contributed by atoms with van der Waals surface area (Å²) >= 11 is 0. The minimum absolute atomic E-state index is 0.134. The number of likely N-dealkylation sites (tertiary alicyclic amines) is 1. The predicted octanol–water partition coefficient (Wildman–Crippen LogP) is -0.123. The molecule has 1 heterocycles. The topological polar surface area (TPSA) is 92.9 Å². The Morgan fingerprint density at radius 3 is 2.80 bits per heavy atom. The second kappa shape index (κ2) is 4.97. The van der Waals surface area contributed by atoms with Crippen LogP contribution in [0.1, 0.15) is 13.3 Å².